The summed E-state index contributed by atoms with van der Waals surface area (Å²) in [4.78, 5) is 22.5. The van der Waals surface area contributed by atoms with Crippen LogP contribution in [-0.2, 0) is 4.79 Å². The van der Waals surface area contributed by atoms with Gasteiger partial charge in [0.1, 0.15) is 24.4 Å². The van der Waals surface area contributed by atoms with Gasteiger partial charge >= 0.3 is 0 Å². The minimum absolute atomic E-state index is 0.0551. The van der Waals surface area contributed by atoms with Crippen LogP contribution >= 0.6 is 15.9 Å². The lowest BCUT2D eigenvalue weighted by Gasteiger charge is -2.33. The molecule has 4 rings (SSSR count). The number of fused-ring (bicyclic) bond motifs is 1. The highest BCUT2D eigenvalue weighted by atomic mass is 79.9. The minimum atomic E-state index is -0.979. The molecule has 32 heavy (non-hydrogen) atoms. The molecule has 0 aliphatic carbocycles. The Kier molecular flexibility index (Phi) is 6.76. The fourth-order valence-corrected chi connectivity index (χ4v) is 4.16. The van der Waals surface area contributed by atoms with E-state index < -0.39 is 6.10 Å². The molecule has 2 heterocycles. The summed E-state index contributed by atoms with van der Waals surface area (Å²) in [5.41, 5.74) is 1.63. The van der Waals surface area contributed by atoms with Gasteiger partial charge in [0.05, 0.1) is 12.6 Å². The number of ether oxygens (including phenoxy) is 2. The maximum atomic E-state index is 12.0. The van der Waals surface area contributed by atoms with Gasteiger partial charge in [0.25, 0.3) is 5.91 Å². The lowest BCUT2D eigenvalue weighted by molar-refractivity contribution is -0.141. The minimum Gasteiger partial charge on any atom is -0.493 e. The largest absolute Gasteiger partial charge is 0.493 e. The Morgan fingerprint density at radius 3 is 2.69 bits per heavy atom. The van der Waals surface area contributed by atoms with Gasteiger partial charge in [-0.2, -0.15) is 0 Å². The molecular formula is C23H25BrN4O4. The zero-order chi connectivity index (χ0) is 22.7. The molecule has 1 amide bonds. The number of rotatable bonds is 6. The summed E-state index contributed by atoms with van der Waals surface area (Å²) in [6.45, 7) is 2.59. The van der Waals surface area contributed by atoms with E-state index in [1.165, 1.54) is 13.3 Å². The number of nitrogens with one attached hydrogen (secondary N) is 1. The normalized spacial score (nSPS) is 15.4. The number of carbonyl (C=O) groups excluding carboxylic acids is 1. The number of aromatic nitrogens is 2. The van der Waals surface area contributed by atoms with E-state index in [4.69, 9.17) is 9.47 Å². The van der Waals surface area contributed by atoms with E-state index in [1.807, 2.05) is 36.4 Å². The van der Waals surface area contributed by atoms with E-state index in [0.29, 0.717) is 43.2 Å². The van der Waals surface area contributed by atoms with E-state index in [2.05, 4.69) is 31.2 Å². The first-order chi connectivity index (χ1) is 15.4. The van der Waals surface area contributed by atoms with E-state index >= 15 is 0 Å². The number of likely N-dealkylation sites (tertiary alicyclic amines) is 1. The fraction of sp³-hybridized carbons (Fsp3) is 0.348. The Labute approximate surface area is 194 Å². The average Bonchev–Trinajstić information content (AvgIpc) is 2.79. The Morgan fingerprint density at radius 1 is 1.22 bits per heavy atom. The highest BCUT2D eigenvalue weighted by Crippen LogP contribution is 2.36. The molecule has 2 aromatic carbocycles. The zero-order valence-electron chi connectivity index (χ0n) is 17.9. The maximum Gasteiger partial charge on any atom is 0.251 e. The van der Waals surface area contributed by atoms with Crippen LogP contribution in [0.15, 0.2) is 47.2 Å². The number of benzene rings is 2. The summed E-state index contributed by atoms with van der Waals surface area (Å²) < 4.78 is 12.8. The third-order valence-corrected chi connectivity index (χ3v) is 5.91. The van der Waals surface area contributed by atoms with Gasteiger partial charge in [-0.15, -0.1) is 0 Å². The van der Waals surface area contributed by atoms with Crippen molar-refractivity contribution < 1.29 is 19.4 Å². The molecular weight excluding hydrogens is 476 g/mol. The Bertz CT molecular complexity index is 1120. The standard InChI is InChI=1S/C23H25BrN4O4/c1-14(29)23(30)28-8-6-17(7-9-28)32-21-12-19-18(11-20(21)31-2)22(26-13-25-19)27-16-5-3-4-15(24)10-16/h3-5,10-14,17,29H,6-9H2,1-2H3,(H,25,26,27)/t14-/m0/s1. The number of aliphatic hydroxyl groups is 1. The Balaban J connectivity index is 1.54. The number of carbonyl (C=O) groups is 1. The van der Waals surface area contributed by atoms with Crippen LogP contribution < -0.4 is 14.8 Å². The molecule has 0 bridgehead atoms. The van der Waals surface area contributed by atoms with Gasteiger partial charge in [-0.3, -0.25) is 4.79 Å². The number of methoxy groups -OCH3 is 1. The summed E-state index contributed by atoms with van der Waals surface area (Å²) in [5, 5.41) is 13.7. The van der Waals surface area contributed by atoms with Crippen LogP contribution in [0.1, 0.15) is 19.8 Å². The number of hydrogen-bond donors (Lipinski definition) is 2. The maximum absolute atomic E-state index is 12.0. The molecule has 9 heteroatoms. The van der Waals surface area contributed by atoms with Gasteiger partial charge in [0.15, 0.2) is 11.5 Å². The van der Waals surface area contributed by atoms with Gasteiger partial charge < -0.3 is 24.8 Å². The fourth-order valence-electron chi connectivity index (χ4n) is 3.76. The molecule has 0 saturated carbocycles. The van der Waals surface area contributed by atoms with Crippen molar-refractivity contribution in [2.75, 3.05) is 25.5 Å². The molecule has 0 radical (unpaired) electrons. The average molecular weight is 501 g/mol. The quantitative estimate of drug-likeness (QED) is 0.529. The van der Waals surface area contributed by atoms with Gasteiger partial charge in [0, 0.05) is 47.5 Å². The number of nitrogens with zero attached hydrogens (tertiary/aromatic N) is 3. The predicted octanol–water partition coefficient (Wildman–Crippen LogP) is 3.90. The van der Waals surface area contributed by atoms with Gasteiger partial charge in [-0.1, -0.05) is 22.0 Å². The molecule has 1 atom stereocenters. The van der Waals surface area contributed by atoms with Crippen molar-refractivity contribution >= 4 is 44.2 Å². The SMILES string of the molecule is COc1cc2c(Nc3cccc(Br)c3)ncnc2cc1OC1CCN(C(=O)[C@H](C)O)CC1. The molecule has 0 spiro atoms. The van der Waals surface area contributed by atoms with E-state index in [0.717, 1.165) is 21.1 Å². The van der Waals surface area contributed by atoms with Crippen molar-refractivity contribution in [2.45, 2.75) is 32.0 Å². The van der Waals surface area contributed by atoms with E-state index in [9.17, 15) is 9.90 Å². The van der Waals surface area contributed by atoms with Crippen molar-refractivity contribution in [1.82, 2.24) is 14.9 Å². The highest BCUT2D eigenvalue weighted by Gasteiger charge is 2.27. The van der Waals surface area contributed by atoms with Crippen LogP contribution in [0.5, 0.6) is 11.5 Å². The molecule has 1 aliphatic heterocycles. The molecule has 1 aliphatic rings. The Hall–Kier alpha value is -2.91. The molecule has 0 unspecified atom stereocenters. The summed E-state index contributed by atoms with van der Waals surface area (Å²) in [7, 11) is 1.60. The number of anilines is 2. The van der Waals surface area contributed by atoms with Crippen LogP contribution in [0.25, 0.3) is 10.9 Å². The number of halogens is 1. The summed E-state index contributed by atoms with van der Waals surface area (Å²) in [5.74, 6) is 1.62. The molecule has 2 N–H and O–H groups in total. The highest BCUT2D eigenvalue weighted by molar-refractivity contribution is 9.10. The number of amides is 1. The van der Waals surface area contributed by atoms with Gasteiger partial charge in [0.2, 0.25) is 0 Å². The first-order valence-corrected chi connectivity index (χ1v) is 11.2. The van der Waals surface area contributed by atoms with Crippen molar-refractivity contribution in [3.8, 4) is 11.5 Å². The van der Waals surface area contributed by atoms with Crippen molar-refractivity contribution in [3.63, 3.8) is 0 Å². The van der Waals surface area contributed by atoms with Crippen molar-refractivity contribution in [3.05, 3.63) is 47.2 Å². The number of aliphatic hydroxyl groups excluding tert-OH is 1. The zero-order valence-corrected chi connectivity index (χ0v) is 19.5. The van der Waals surface area contributed by atoms with E-state index in [-0.39, 0.29) is 12.0 Å². The predicted molar refractivity (Wildman–Crippen MR) is 125 cm³/mol. The van der Waals surface area contributed by atoms with Crippen molar-refractivity contribution in [1.29, 1.82) is 0 Å². The molecule has 8 nitrogen and oxygen atoms in total. The van der Waals surface area contributed by atoms with Crippen LogP contribution in [-0.4, -0.2) is 58.3 Å². The summed E-state index contributed by atoms with van der Waals surface area (Å²) in [6, 6.07) is 11.6. The number of piperidine rings is 1. The Morgan fingerprint density at radius 2 is 2.00 bits per heavy atom. The first kappa shape index (κ1) is 22.3. The number of hydrogen-bond acceptors (Lipinski definition) is 7. The molecule has 168 valence electrons. The monoisotopic (exact) mass is 500 g/mol. The lowest BCUT2D eigenvalue weighted by atomic mass is 10.1. The molecule has 1 saturated heterocycles. The second-order valence-electron chi connectivity index (χ2n) is 7.70. The second kappa shape index (κ2) is 9.70. The molecule has 1 aromatic heterocycles. The van der Waals surface area contributed by atoms with Crippen molar-refractivity contribution in [2.24, 2.45) is 0 Å². The second-order valence-corrected chi connectivity index (χ2v) is 8.61. The van der Waals surface area contributed by atoms with Crippen LogP contribution in [0.4, 0.5) is 11.5 Å². The third kappa shape index (κ3) is 4.94. The van der Waals surface area contributed by atoms with Crippen LogP contribution in [0, 0.1) is 0 Å². The smallest absolute Gasteiger partial charge is 0.251 e. The van der Waals surface area contributed by atoms with Gasteiger partial charge in [-0.05, 0) is 31.2 Å². The topological polar surface area (TPSA) is 96.8 Å². The van der Waals surface area contributed by atoms with Crippen LogP contribution in [0.2, 0.25) is 0 Å². The summed E-state index contributed by atoms with van der Waals surface area (Å²) >= 11 is 3.48. The first-order valence-electron chi connectivity index (χ1n) is 10.4. The third-order valence-electron chi connectivity index (χ3n) is 5.41. The van der Waals surface area contributed by atoms with Gasteiger partial charge in [-0.25, -0.2) is 9.97 Å². The molecule has 3 aromatic rings. The van der Waals surface area contributed by atoms with E-state index in [1.54, 1.807) is 12.0 Å². The molecule has 1 fully saturated rings. The lowest BCUT2D eigenvalue weighted by Crippen LogP contribution is -2.45. The summed E-state index contributed by atoms with van der Waals surface area (Å²) in [6.07, 6.45) is 1.84. The van der Waals surface area contributed by atoms with Crippen LogP contribution in [0.3, 0.4) is 0 Å².